The maximum atomic E-state index is 14.1. The molecule has 0 amide bonds. The van der Waals surface area contributed by atoms with Crippen molar-refractivity contribution in [3.8, 4) is 0 Å². The third-order valence-electron chi connectivity index (χ3n) is 5.75. The van der Waals surface area contributed by atoms with Gasteiger partial charge in [0.05, 0.1) is 10.8 Å². The van der Waals surface area contributed by atoms with Crippen molar-refractivity contribution in [2.24, 2.45) is 0 Å². The number of hydrogen-bond acceptors (Lipinski definition) is 4. The molecule has 5 heteroatoms. The van der Waals surface area contributed by atoms with E-state index >= 15 is 0 Å². The monoisotopic (exact) mass is 458 g/mol. The number of benzene rings is 3. The zero-order valence-electron chi connectivity index (χ0n) is 18.9. The van der Waals surface area contributed by atoms with E-state index in [1.165, 1.54) is 13.0 Å². The van der Waals surface area contributed by atoms with Crippen molar-refractivity contribution in [3.05, 3.63) is 118 Å². The lowest BCUT2D eigenvalue weighted by Crippen LogP contribution is -2.22. The van der Waals surface area contributed by atoms with Gasteiger partial charge in [0, 0.05) is 5.56 Å². The molecule has 3 aromatic carbocycles. The molecule has 1 aliphatic heterocycles. The molecule has 4 nitrogen and oxygen atoms in total. The fourth-order valence-corrected chi connectivity index (χ4v) is 5.96. The van der Waals surface area contributed by atoms with Crippen LogP contribution in [-0.2, 0) is 19.4 Å². The first-order valence-corrected chi connectivity index (χ1v) is 12.3. The van der Waals surface area contributed by atoms with Gasteiger partial charge in [-0.15, -0.1) is 0 Å². The smallest absolute Gasteiger partial charge is 0.207 e. The van der Waals surface area contributed by atoms with Crippen LogP contribution in [0.4, 0.5) is 0 Å². The van der Waals surface area contributed by atoms with Gasteiger partial charge >= 0.3 is 0 Å². The third kappa shape index (κ3) is 4.55. The first-order valence-electron chi connectivity index (χ1n) is 10.8. The number of ketones is 1. The third-order valence-corrected chi connectivity index (χ3v) is 7.66. The summed E-state index contributed by atoms with van der Waals surface area (Å²) in [7, 11) is -3.90. The van der Waals surface area contributed by atoms with E-state index in [0.717, 1.165) is 11.1 Å². The average Bonchev–Trinajstić information content (AvgIpc) is 3.22. The fraction of sp³-hybridized carbons (Fsp3) is 0.179. The van der Waals surface area contributed by atoms with Gasteiger partial charge in [-0.3, -0.25) is 4.79 Å². The van der Waals surface area contributed by atoms with Gasteiger partial charge in [-0.25, -0.2) is 8.42 Å². The van der Waals surface area contributed by atoms with Crippen LogP contribution in [-0.4, -0.2) is 20.3 Å². The Kier molecular flexibility index (Phi) is 6.34. The Morgan fingerprint density at radius 1 is 0.848 bits per heavy atom. The summed E-state index contributed by atoms with van der Waals surface area (Å²) >= 11 is 0. The van der Waals surface area contributed by atoms with Crippen LogP contribution >= 0.6 is 0 Å². The van der Waals surface area contributed by atoms with E-state index in [1.807, 2.05) is 74.5 Å². The van der Waals surface area contributed by atoms with Crippen LogP contribution in [0.5, 0.6) is 0 Å². The molecule has 0 spiro atoms. The highest BCUT2D eigenvalue weighted by Crippen LogP contribution is 2.49. The predicted molar refractivity (Wildman–Crippen MR) is 130 cm³/mol. The van der Waals surface area contributed by atoms with Gasteiger partial charge in [0.25, 0.3) is 0 Å². The molecule has 0 bridgehead atoms. The molecule has 168 valence electrons. The summed E-state index contributed by atoms with van der Waals surface area (Å²) in [6.45, 7) is 5.21. The molecule has 3 aromatic rings. The van der Waals surface area contributed by atoms with Gasteiger partial charge in [0.1, 0.15) is 16.8 Å². The van der Waals surface area contributed by atoms with Crippen LogP contribution in [0.2, 0.25) is 0 Å². The summed E-state index contributed by atoms with van der Waals surface area (Å²) in [6.07, 6.45) is 0.895. The Bertz CT molecular complexity index is 1320. The summed E-state index contributed by atoms with van der Waals surface area (Å²) in [5.41, 5.74) is 3.16. The minimum atomic E-state index is -3.90. The van der Waals surface area contributed by atoms with Crippen LogP contribution in [0, 0.1) is 6.92 Å². The van der Waals surface area contributed by atoms with E-state index in [1.54, 1.807) is 24.3 Å². The highest BCUT2D eigenvalue weighted by Gasteiger charge is 2.45. The van der Waals surface area contributed by atoms with Crippen LogP contribution in [0.25, 0.3) is 5.76 Å². The molecule has 0 N–H and O–H groups in total. The maximum absolute atomic E-state index is 14.1. The average molecular weight is 459 g/mol. The Morgan fingerprint density at radius 2 is 1.42 bits per heavy atom. The van der Waals surface area contributed by atoms with E-state index in [4.69, 9.17) is 4.74 Å². The van der Waals surface area contributed by atoms with E-state index < -0.39 is 21.9 Å². The SMILES string of the molecule is CC(=O)/C=C(/C)[C@H]1OC(c2ccccc2)=C(S(=O)(=O)c2ccc(C)cc2)[C@@H]1c1ccccc1. The van der Waals surface area contributed by atoms with Crippen LogP contribution < -0.4 is 0 Å². The summed E-state index contributed by atoms with van der Waals surface area (Å²) in [5, 5.41) is 0. The molecule has 0 saturated heterocycles. The molecule has 1 aliphatic rings. The fourth-order valence-electron chi connectivity index (χ4n) is 4.21. The van der Waals surface area contributed by atoms with Crippen molar-refractivity contribution in [2.45, 2.75) is 37.7 Å². The lowest BCUT2D eigenvalue weighted by atomic mass is 9.89. The second-order valence-corrected chi connectivity index (χ2v) is 10.2. The predicted octanol–water partition coefficient (Wildman–Crippen LogP) is 5.86. The Morgan fingerprint density at radius 3 is 2.00 bits per heavy atom. The van der Waals surface area contributed by atoms with Crippen molar-refractivity contribution < 1.29 is 17.9 Å². The van der Waals surface area contributed by atoms with Gasteiger partial charge in [0.15, 0.2) is 5.78 Å². The topological polar surface area (TPSA) is 60.4 Å². The van der Waals surface area contributed by atoms with Crippen molar-refractivity contribution in [3.63, 3.8) is 0 Å². The molecule has 33 heavy (non-hydrogen) atoms. The van der Waals surface area contributed by atoms with E-state index in [0.29, 0.717) is 16.9 Å². The second kappa shape index (κ2) is 9.20. The summed E-state index contributed by atoms with van der Waals surface area (Å²) < 4.78 is 34.6. The number of carbonyl (C=O) groups excluding carboxylic acids is 1. The lowest BCUT2D eigenvalue weighted by Gasteiger charge is -2.22. The zero-order valence-corrected chi connectivity index (χ0v) is 19.7. The van der Waals surface area contributed by atoms with Crippen LogP contribution in [0.1, 0.15) is 36.5 Å². The Balaban J connectivity index is 2.00. The van der Waals surface area contributed by atoms with Crippen molar-refractivity contribution >= 4 is 21.4 Å². The molecule has 0 radical (unpaired) electrons. The van der Waals surface area contributed by atoms with Gasteiger partial charge in [-0.2, -0.15) is 0 Å². The molecule has 2 atom stereocenters. The van der Waals surface area contributed by atoms with E-state index in [-0.39, 0.29) is 15.6 Å². The first kappa shape index (κ1) is 22.7. The summed E-state index contributed by atoms with van der Waals surface area (Å²) in [4.78, 5) is 12.3. The van der Waals surface area contributed by atoms with Crippen LogP contribution in [0.3, 0.4) is 0 Å². The number of aryl methyl sites for hydroxylation is 1. The number of rotatable bonds is 6. The molecule has 1 heterocycles. The zero-order chi connectivity index (χ0) is 23.6. The number of sulfone groups is 1. The van der Waals surface area contributed by atoms with Gasteiger partial charge in [0.2, 0.25) is 9.84 Å². The first-order chi connectivity index (χ1) is 15.8. The number of hydrogen-bond donors (Lipinski definition) is 0. The minimum absolute atomic E-state index is 0.112. The van der Waals surface area contributed by atoms with Crippen molar-refractivity contribution in [2.75, 3.05) is 0 Å². The molecule has 0 aromatic heterocycles. The quantitative estimate of drug-likeness (QED) is 0.435. The normalized spacial score (nSPS) is 18.8. The van der Waals surface area contributed by atoms with E-state index in [2.05, 4.69) is 0 Å². The minimum Gasteiger partial charge on any atom is -0.483 e. The van der Waals surface area contributed by atoms with Gasteiger partial charge in [-0.05, 0) is 50.1 Å². The van der Waals surface area contributed by atoms with Crippen molar-refractivity contribution in [1.82, 2.24) is 0 Å². The molecule has 0 saturated carbocycles. The van der Waals surface area contributed by atoms with Gasteiger partial charge in [-0.1, -0.05) is 78.4 Å². The molecule has 0 unspecified atom stereocenters. The molecule has 4 rings (SSSR count). The number of carbonyl (C=O) groups is 1. The lowest BCUT2D eigenvalue weighted by molar-refractivity contribution is -0.112. The molecular formula is C28H26O4S. The number of ether oxygens (including phenoxy) is 1. The molecular weight excluding hydrogens is 432 g/mol. The number of allylic oxidation sites excluding steroid dienone is 1. The highest BCUT2D eigenvalue weighted by atomic mass is 32.2. The molecule has 0 aliphatic carbocycles. The molecule has 0 fully saturated rings. The Labute approximate surface area is 195 Å². The summed E-state index contributed by atoms with van der Waals surface area (Å²) in [5.74, 6) is -0.381. The maximum Gasteiger partial charge on any atom is 0.207 e. The second-order valence-electron chi connectivity index (χ2n) is 8.30. The van der Waals surface area contributed by atoms with Crippen molar-refractivity contribution in [1.29, 1.82) is 0 Å². The summed E-state index contributed by atoms with van der Waals surface area (Å²) in [6, 6.07) is 25.6. The van der Waals surface area contributed by atoms with Crippen LogP contribution in [0.15, 0.2) is 106 Å². The standard InChI is InChI=1S/C28H26O4S/c1-19-14-16-24(17-15-19)33(30,31)28-25(22-10-6-4-7-11-22)26(20(2)18-21(3)29)32-27(28)23-12-8-5-9-13-23/h4-18,25-26H,1-3H3/b20-18-/t25-,26-/m1/s1. The Hall–Kier alpha value is -3.44. The van der Waals surface area contributed by atoms with Gasteiger partial charge < -0.3 is 4.74 Å². The van der Waals surface area contributed by atoms with E-state index in [9.17, 15) is 13.2 Å². The highest BCUT2D eigenvalue weighted by molar-refractivity contribution is 7.95. The largest absolute Gasteiger partial charge is 0.483 e.